The van der Waals surface area contributed by atoms with Crippen molar-refractivity contribution in [2.45, 2.75) is 20.4 Å². The standard InChI is InChI=1S/C20H24FN3O2/c1-20(2,18(25)22-13-14-5-7-15(21)8-6-14)19(26)23-16-9-11-17(12-10-16)24(3)4/h5-12H,13H2,1-4H3,(H,22,25)(H,23,26). The maximum absolute atomic E-state index is 12.9. The Hall–Kier alpha value is -2.89. The van der Waals surface area contributed by atoms with E-state index in [1.54, 1.807) is 38.1 Å². The molecule has 2 rings (SSSR count). The summed E-state index contributed by atoms with van der Waals surface area (Å²) in [6.45, 7) is 3.36. The van der Waals surface area contributed by atoms with E-state index in [0.29, 0.717) is 5.69 Å². The first-order valence-electron chi connectivity index (χ1n) is 8.32. The van der Waals surface area contributed by atoms with Gasteiger partial charge in [-0.05, 0) is 55.8 Å². The predicted molar refractivity (Wildman–Crippen MR) is 101 cm³/mol. The van der Waals surface area contributed by atoms with Crippen molar-refractivity contribution in [3.8, 4) is 0 Å². The van der Waals surface area contributed by atoms with Gasteiger partial charge in [0.2, 0.25) is 11.8 Å². The van der Waals surface area contributed by atoms with Crippen LogP contribution in [0.25, 0.3) is 0 Å². The molecule has 0 bridgehead atoms. The Bertz CT molecular complexity index is 769. The number of halogens is 1. The number of anilines is 2. The maximum atomic E-state index is 12.9. The van der Waals surface area contributed by atoms with Gasteiger partial charge in [-0.25, -0.2) is 4.39 Å². The van der Waals surface area contributed by atoms with E-state index in [1.807, 2.05) is 31.1 Å². The fourth-order valence-electron chi connectivity index (χ4n) is 2.24. The van der Waals surface area contributed by atoms with E-state index >= 15 is 0 Å². The zero-order chi connectivity index (χ0) is 19.3. The summed E-state index contributed by atoms with van der Waals surface area (Å²) >= 11 is 0. The molecule has 138 valence electrons. The Morgan fingerprint density at radius 1 is 0.962 bits per heavy atom. The lowest BCUT2D eigenvalue weighted by molar-refractivity contribution is -0.138. The second-order valence-electron chi connectivity index (χ2n) is 6.83. The van der Waals surface area contributed by atoms with Crippen LogP contribution in [0.3, 0.4) is 0 Å². The summed E-state index contributed by atoms with van der Waals surface area (Å²) < 4.78 is 12.9. The summed E-state index contributed by atoms with van der Waals surface area (Å²) in [5.41, 5.74) is 1.15. The molecule has 0 unspecified atom stereocenters. The van der Waals surface area contributed by atoms with Gasteiger partial charge < -0.3 is 15.5 Å². The number of carbonyl (C=O) groups is 2. The van der Waals surface area contributed by atoms with Gasteiger partial charge in [-0.2, -0.15) is 0 Å². The molecule has 2 aromatic rings. The highest BCUT2D eigenvalue weighted by atomic mass is 19.1. The van der Waals surface area contributed by atoms with Crippen molar-refractivity contribution >= 4 is 23.2 Å². The van der Waals surface area contributed by atoms with Gasteiger partial charge in [0.1, 0.15) is 11.2 Å². The molecule has 2 aromatic carbocycles. The molecule has 0 aliphatic carbocycles. The molecule has 0 radical (unpaired) electrons. The molecule has 2 N–H and O–H groups in total. The topological polar surface area (TPSA) is 61.4 Å². The Balaban J connectivity index is 1.96. The average Bonchev–Trinajstić information content (AvgIpc) is 2.61. The minimum Gasteiger partial charge on any atom is -0.378 e. The number of amides is 2. The van der Waals surface area contributed by atoms with E-state index in [-0.39, 0.29) is 12.4 Å². The summed E-state index contributed by atoms with van der Waals surface area (Å²) in [6, 6.07) is 13.2. The summed E-state index contributed by atoms with van der Waals surface area (Å²) in [4.78, 5) is 26.9. The molecule has 6 heteroatoms. The number of hydrogen-bond donors (Lipinski definition) is 2. The third-order valence-electron chi connectivity index (χ3n) is 4.14. The first kappa shape index (κ1) is 19.4. The molecule has 0 saturated heterocycles. The Labute approximate surface area is 153 Å². The van der Waals surface area contributed by atoms with Gasteiger partial charge >= 0.3 is 0 Å². The quantitative estimate of drug-likeness (QED) is 0.781. The molecule has 26 heavy (non-hydrogen) atoms. The van der Waals surface area contributed by atoms with Crippen LogP contribution >= 0.6 is 0 Å². The largest absolute Gasteiger partial charge is 0.378 e. The van der Waals surface area contributed by atoms with Crippen molar-refractivity contribution in [2.75, 3.05) is 24.3 Å². The van der Waals surface area contributed by atoms with Crippen LogP contribution in [-0.4, -0.2) is 25.9 Å². The Morgan fingerprint density at radius 3 is 2.08 bits per heavy atom. The zero-order valence-electron chi connectivity index (χ0n) is 15.5. The summed E-state index contributed by atoms with van der Waals surface area (Å²) in [7, 11) is 3.87. The monoisotopic (exact) mass is 357 g/mol. The number of carbonyl (C=O) groups excluding carboxylic acids is 2. The highest BCUT2D eigenvalue weighted by molar-refractivity contribution is 6.09. The molecule has 0 saturated carbocycles. The smallest absolute Gasteiger partial charge is 0.239 e. The number of nitrogens with zero attached hydrogens (tertiary/aromatic N) is 1. The molecule has 5 nitrogen and oxygen atoms in total. The second kappa shape index (κ2) is 7.99. The first-order valence-corrected chi connectivity index (χ1v) is 8.32. The summed E-state index contributed by atoms with van der Waals surface area (Å²) in [6.07, 6.45) is 0. The number of hydrogen-bond acceptors (Lipinski definition) is 3. The molecule has 2 amide bonds. The molecule has 0 fully saturated rings. The highest BCUT2D eigenvalue weighted by Gasteiger charge is 2.35. The van der Waals surface area contributed by atoms with Crippen LogP contribution < -0.4 is 15.5 Å². The van der Waals surface area contributed by atoms with Crippen molar-refractivity contribution in [2.24, 2.45) is 5.41 Å². The van der Waals surface area contributed by atoms with Gasteiger partial charge in [0.15, 0.2) is 0 Å². The van der Waals surface area contributed by atoms with Crippen LogP contribution in [0.5, 0.6) is 0 Å². The molecule has 0 aliphatic heterocycles. The van der Waals surface area contributed by atoms with Gasteiger partial charge in [-0.3, -0.25) is 9.59 Å². The van der Waals surface area contributed by atoms with Gasteiger partial charge in [-0.15, -0.1) is 0 Å². The molecular formula is C20H24FN3O2. The van der Waals surface area contributed by atoms with Gasteiger partial charge in [0.25, 0.3) is 0 Å². The van der Waals surface area contributed by atoms with E-state index in [9.17, 15) is 14.0 Å². The van der Waals surface area contributed by atoms with E-state index < -0.39 is 17.2 Å². The first-order chi connectivity index (χ1) is 12.2. The maximum Gasteiger partial charge on any atom is 0.239 e. The Morgan fingerprint density at radius 2 is 1.54 bits per heavy atom. The molecule has 0 aliphatic rings. The van der Waals surface area contributed by atoms with E-state index in [0.717, 1.165) is 11.3 Å². The van der Waals surface area contributed by atoms with Crippen LogP contribution in [0.2, 0.25) is 0 Å². The van der Waals surface area contributed by atoms with Crippen LogP contribution in [0.1, 0.15) is 19.4 Å². The third kappa shape index (κ3) is 4.81. The lowest BCUT2D eigenvalue weighted by Gasteiger charge is -2.23. The lowest BCUT2D eigenvalue weighted by Crippen LogP contribution is -2.44. The number of nitrogens with one attached hydrogen (secondary N) is 2. The normalized spacial score (nSPS) is 11.0. The van der Waals surface area contributed by atoms with E-state index in [4.69, 9.17) is 0 Å². The molecular weight excluding hydrogens is 333 g/mol. The average molecular weight is 357 g/mol. The van der Waals surface area contributed by atoms with Crippen LogP contribution in [0, 0.1) is 11.2 Å². The lowest BCUT2D eigenvalue weighted by atomic mass is 9.90. The molecule has 0 spiro atoms. The SMILES string of the molecule is CN(C)c1ccc(NC(=O)C(C)(C)C(=O)NCc2ccc(F)cc2)cc1. The molecule has 0 heterocycles. The van der Waals surface area contributed by atoms with Crippen molar-refractivity contribution in [1.29, 1.82) is 0 Å². The third-order valence-corrected chi connectivity index (χ3v) is 4.14. The number of benzene rings is 2. The van der Waals surface area contributed by atoms with Crippen LogP contribution in [-0.2, 0) is 16.1 Å². The summed E-state index contributed by atoms with van der Waals surface area (Å²) in [5, 5.41) is 5.49. The van der Waals surface area contributed by atoms with Gasteiger partial charge in [-0.1, -0.05) is 12.1 Å². The van der Waals surface area contributed by atoms with Crippen LogP contribution in [0.15, 0.2) is 48.5 Å². The number of rotatable bonds is 6. The highest BCUT2D eigenvalue weighted by Crippen LogP contribution is 2.21. The fraction of sp³-hybridized carbons (Fsp3) is 0.300. The van der Waals surface area contributed by atoms with Crippen molar-refractivity contribution < 1.29 is 14.0 Å². The fourth-order valence-corrected chi connectivity index (χ4v) is 2.24. The van der Waals surface area contributed by atoms with Crippen molar-refractivity contribution in [1.82, 2.24) is 5.32 Å². The summed E-state index contributed by atoms with van der Waals surface area (Å²) in [5.74, 6) is -1.13. The van der Waals surface area contributed by atoms with Gasteiger partial charge in [0, 0.05) is 32.0 Å². The minimum atomic E-state index is -1.25. The van der Waals surface area contributed by atoms with Crippen molar-refractivity contribution in [3.05, 3.63) is 59.9 Å². The van der Waals surface area contributed by atoms with Crippen LogP contribution in [0.4, 0.5) is 15.8 Å². The predicted octanol–water partition coefficient (Wildman–Crippen LogP) is 3.17. The minimum absolute atomic E-state index is 0.230. The molecule has 0 aromatic heterocycles. The Kier molecular flexibility index (Phi) is 5.97. The van der Waals surface area contributed by atoms with E-state index in [2.05, 4.69) is 10.6 Å². The molecule has 0 atom stereocenters. The van der Waals surface area contributed by atoms with E-state index in [1.165, 1.54) is 12.1 Å². The van der Waals surface area contributed by atoms with Gasteiger partial charge in [0.05, 0.1) is 0 Å². The second-order valence-corrected chi connectivity index (χ2v) is 6.83. The zero-order valence-corrected chi connectivity index (χ0v) is 15.5. The van der Waals surface area contributed by atoms with Crippen molar-refractivity contribution in [3.63, 3.8) is 0 Å².